The standard InChI is InChI=1S/C13H13F2N3O/c1-7-11(2-3-16-7)13-17-12(18-19-13)8-4-9(14)6-10(15)5-8/h4-7,11,16H,2-3H2,1H3. The lowest BCUT2D eigenvalue weighted by molar-refractivity contribution is 0.345. The zero-order chi connectivity index (χ0) is 13.4. The molecule has 1 aliphatic heterocycles. The number of benzene rings is 1. The highest BCUT2D eigenvalue weighted by Gasteiger charge is 2.29. The molecule has 6 heteroatoms. The highest BCUT2D eigenvalue weighted by atomic mass is 19.1. The fourth-order valence-electron chi connectivity index (χ4n) is 2.38. The largest absolute Gasteiger partial charge is 0.339 e. The van der Waals surface area contributed by atoms with E-state index in [-0.39, 0.29) is 23.3 Å². The summed E-state index contributed by atoms with van der Waals surface area (Å²) >= 11 is 0. The minimum Gasteiger partial charge on any atom is -0.339 e. The average molecular weight is 265 g/mol. The van der Waals surface area contributed by atoms with Crippen molar-refractivity contribution in [2.45, 2.75) is 25.3 Å². The summed E-state index contributed by atoms with van der Waals surface area (Å²) in [5.41, 5.74) is 0.283. The predicted molar refractivity (Wildman–Crippen MR) is 64.5 cm³/mol. The minimum absolute atomic E-state index is 0.152. The van der Waals surface area contributed by atoms with E-state index in [0.29, 0.717) is 5.89 Å². The molecule has 0 saturated carbocycles. The van der Waals surface area contributed by atoms with E-state index < -0.39 is 11.6 Å². The van der Waals surface area contributed by atoms with Crippen molar-refractivity contribution in [1.29, 1.82) is 0 Å². The van der Waals surface area contributed by atoms with Crippen LogP contribution in [0.2, 0.25) is 0 Å². The third-order valence-corrected chi connectivity index (χ3v) is 3.40. The van der Waals surface area contributed by atoms with Crippen molar-refractivity contribution < 1.29 is 13.3 Å². The Morgan fingerprint density at radius 3 is 2.63 bits per heavy atom. The molecule has 4 nitrogen and oxygen atoms in total. The van der Waals surface area contributed by atoms with Crippen LogP contribution in [-0.4, -0.2) is 22.7 Å². The average Bonchev–Trinajstić information content (AvgIpc) is 2.95. The van der Waals surface area contributed by atoms with E-state index in [1.807, 2.05) is 6.92 Å². The maximum Gasteiger partial charge on any atom is 0.231 e. The van der Waals surface area contributed by atoms with Crippen LogP contribution in [0.4, 0.5) is 8.78 Å². The molecule has 100 valence electrons. The van der Waals surface area contributed by atoms with E-state index in [1.54, 1.807) is 0 Å². The van der Waals surface area contributed by atoms with Crippen LogP contribution in [-0.2, 0) is 0 Å². The minimum atomic E-state index is -0.655. The molecule has 3 rings (SSSR count). The van der Waals surface area contributed by atoms with Gasteiger partial charge in [0.2, 0.25) is 11.7 Å². The number of hydrogen-bond acceptors (Lipinski definition) is 4. The van der Waals surface area contributed by atoms with E-state index in [1.165, 1.54) is 12.1 Å². The van der Waals surface area contributed by atoms with Gasteiger partial charge in [0.05, 0.1) is 5.92 Å². The fourth-order valence-corrected chi connectivity index (χ4v) is 2.38. The smallest absolute Gasteiger partial charge is 0.231 e. The Labute approximate surface area is 108 Å². The first kappa shape index (κ1) is 12.2. The molecule has 1 aromatic heterocycles. The van der Waals surface area contributed by atoms with Crippen LogP contribution in [0, 0.1) is 11.6 Å². The van der Waals surface area contributed by atoms with Gasteiger partial charge in [0.15, 0.2) is 0 Å². The van der Waals surface area contributed by atoms with Gasteiger partial charge in [0, 0.05) is 17.7 Å². The highest BCUT2D eigenvalue weighted by molar-refractivity contribution is 5.54. The first-order valence-electron chi connectivity index (χ1n) is 6.17. The number of hydrogen-bond donors (Lipinski definition) is 1. The quantitative estimate of drug-likeness (QED) is 0.906. The van der Waals surface area contributed by atoms with Crippen molar-refractivity contribution in [3.8, 4) is 11.4 Å². The van der Waals surface area contributed by atoms with Gasteiger partial charge >= 0.3 is 0 Å². The summed E-state index contributed by atoms with van der Waals surface area (Å²) in [6, 6.07) is 3.45. The summed E-state index contributed by atoms with van der Waals surface area (Å²) in [7, 11) is 0. The molecule has 1 aromatic carbocycles. The Hall–Kier alpha value is -1.82. The summed E-state index contributed by atoms with van der Waals surface area (Å²) in [6.45, 7) is 2.95. The topological polar surface area (TPSA) is 51.0 Å². The van der Waals surface area contributed by atoms with Crippen LogP contribution in [0.3, 0.4) is 0 Å². The van der Waals surface area contributed by atoms with Crippen molar-refractivity contribution in [1.82, 2.24) is 15.5 Å². The van der Waals surface area contributed by atoms with Crippen molar-refractivity contribution >= 4 is 0 Å². The van der Waals surface area contributed by atoms with Crippen molar-refractivity contribution in [3.05, 3.63) is 35.7 Å². The van der Waals surface area contributed by atoms with E-state index in [9.17, 15) is 8.78 Å². The van der Waals surface area contributed by atoms with Gasteiger partial charge in [-0.2, -0.15) is 4.98 Å². The summed E-state index contributed by atoms with van der Waals surface area (Å²) in [6.07, 6.45) is 0.917. The first-order chi connectivity index (χ1) is 9.13. The molecule has 19 heavy (non-hydrogen) atoms. The SMILES string of the molecule is CC1NCCC1c1nc(-c2cc(F)cc(F)c2)no1. The van der Waals surface area contributed by atoms with Crippen LogP contribution in [0.25, 0.3) is 11.4 Å². The van der Waals surface area contributed by atoms with Crippen LogP contribution in [0.1, 0.15) is 25.2 Å². The third kappa shape index (κ3) is 2.35. The molecule has 0 spiro atoms. The molecular formula is C13H13F2N3O. The molecule has 1 saturated heterocycles. The van der Waals surface area contributed by atoms with E-state index in [4.69, 9.17) is 4.52 Å². The second-order valence-electron chi connectivity index (χ2n) is 4.75. The Balaban J connectivity index is 1.92. The molecule has 0 bridgehead atoms. The molecular weight excluding hydrogens is 252 g/mol. The molecule has 2 aromatic rings. The number of aromatic nitrogens is 2. The summed E-state index contributed by atoms with van der Waals surface area (Å²) in [5.74, 6) is -0.432. The van der Waals surface area contributed by atoms with Crippen molar-refractivity contribution in [3.63, 3.8) is 0 Å². The van der Waals surface area contributed by atoms with Gasteiger partial charge in [-0.15, -0.1) is 0 Å². The van der Waals surface area contributed by atoms with Crippen molar-refractivity contribution in [2.75, 3.05) is 6.54 Å². The molecule has 0 aliphatic carbocycles. The summed E-state index contributed by atoms with van der Waals surface area (Å²) in [4.78, 5) is 4.24. The van der Waals surface area contributed by atoms with Gasteiger partial charge in [0.25, 0.3) is 0 Å². The summed E-state index contributed by atoms with van der Waals surface area (Å²) < 4.78 is 31.5. The van der Waals surface area contributed by atoms with Crippen LogP contribution in [0.15, 0.2) is 22.7 Å². The Morgan fingerprint density at radius 1 is 1.26 bits per heavy atom. The van der Waals surface area contributed by atoms with Crippen LogP contribution < -0.4 is 5.32 Å². The van der Waals surface area contributed by atoms with Gasteiger partial charge in [0.1, 0.15) is 11.6 Å². The fraction of sp³-hybridized carbons (Fsp3) is 0.385. The first-order valence-corrected chi connectivity index (χ1v) is 6.17. The number of nitrogens with zero attached hydrogens (tertiary/aromatic N) is 2. The van der Waals surface area contributed by atoms with Gasteiger partial charge < -0.3 is 9.84 Å². The normalized spacial score (nSPS) is 22.9. The van der Waals surface area contributed by atoms with Crippen LogP contribution in [0.5, 0.6) is 0 Å². The molecule has 0 amide bonds. The Morgan fingerprint density at radius 2 is 2.00 bits per heavy atom. The molecule has 1 N–H and O–H groups in total. The van der Waals surface area contributed by atoms with Crippen molar-refractivity contribution in [2.24, 2.45) is 0 Å². The lowest BCUT2D eigenvalue weighted by Gasteiger charge is -2.08. The van der Waals surface area contributed by atoms with Gasteiger partial charge in [-0.25, -0.2) is 8.78 Å². The third-order valence-electron chi connectivity index (χ3n) is 3.40. The molecule has 1 fully saturated rings. The monoisotopic (exact) mass is 265 g/mol. The van der Waals surface area contributed by atoms with Gasteiger partial charge in [-0.3, -0.25) is 0 Å². The molecule has 2 atom stereocenters. The summed E-state index contributed by atoms with van der Waals surface area (Å²) in [5, 5.41) is 7.09. The number of halogens is 2. The Bertz CT molecular complexity index is 579. The molecule has 1 aliphatic rings. The maximum absolute atomic E-state index is 13.1. The molecule has 2 unspecified atom stereocenters. The number of nitrogens with one attached hydrogen (secondary N) is 1. The van der Waals surface area contributed by atoms with Crippen LogP contribution >= 0.6 is 0 Å². The lowest BCUT2D eigenvalue weighted by Crippen LogP contribution is -2.21. The lowest BCUT2D eigenvalue weighted by atomic mass is 10.0. The molecule has 0 radical (unpaired) electrons. The Kier molecular flexibility index (Phi) is 3.02. The van der Waals surface area contributed by atoms with E-state index in [0.717, 1.165) is 19.0 Å². The molecule has 2 heterocycles. The van der Waals surface area contributed by atoms with Gasteiger partial charge in [-0.05, 0) is 32.0 Å². The zero-order valence-electron chi connectivity index (χ0n) is 10.4. The predicted octanol–water partition coefficient (Wildman–Crippen LogP) is 2.48. The maximum atomic E-state index is 13.1. The highest BCUT2D eigenvalue weighted by Crippen LogP contribution is 2.28. The van der Waals surface area contributed by atoms with Gasteiger partial charge in [-0.1, -0.05) is 5.16 Å². The van der Waals surface area contributed by atoms with E-state index >= 15 is 0 Å². The second-order valence-corrected chi connectivity index (χ2v) is 4.75. The van der Waals surface area contributed by atoms with E-state index in [2.05, 4.69) is 15.5 Å². The zero-order valence-corrected chi connectivity index (χ0v) is 10.4. The second kappa shape index (κ2) is 4.70. The number of rotatable bonds is 2.